The number of aromatic nitrogens is 3. The summed E-state index contributed by atoms with van der Waals surface area (Å²) in [7, 11) is 1.93. The van der Waals surface area contributed by atoms with Crippen molar-refractivity contribution in [3.8, 4) is 0 Å². The molecule has 2 aromatic heterocycles. The molecule has 2 rings (SSSR count). The minimum atomic E-state index is 0.168. The molecule has 3 N–H and O–H groups in total. The Balaban J connectivity index is 1.96. The first-order valence-electron chi connectivity index (χ1n) is 5.55. The third-order valence-corrected chi connectivity index (χ3v) is 3.69. The Labute approximate surface area is 105 Å². The number of nitrogens with zero attached hydrogens (tertiary/aromatic N) is 3. The van der Waals surface area contributed by atoms with Gasteiger partial charge < -0.3 is 0 Å². The molecule has 0 saturated carbocycles. The topological polar surface area (TPSA) is 68.8 Å². The first-order valence-corrected chi connectivity index (χ1v) is 6.36. The predicted molar refractivity (Wildman–Crippen MR) is 68.4 cm³/mol. The molecular weight excluding hydrogens is 234 g/mol. The maximum absolute atomic E-state index is 5.59. The van der Waals surface area contributed by atoms with E-state index in [0.717, 1.165) is 17.8 Å². The van der Waals surface area contributed by atoms with Gasteiger partial charge in [0.05, 0.1) is 17.2 Å². The summed E-state index contributed by atoms with van der Waals surface area (Å²) in [6, 6.07) is 0.168. The highest BCUT2D eigenvalue weighted by Crippen LogP contribution is 2.23. The zero-order chi connectivity index (χ0) is 12.3. The molecule has 2 aromatic rings. The highest BCUT2D eigenvalue weighted by molar-refractivity contribution is 7.11. The van der Waals surface area contributed by atoms with E-state index in [1.165, 1.54) is 10.4 Å². The van der Waals surface area contributed by atoms with Gasteiger partial charge in [-0.1, -0.05) is 0 Å². The van der Waals surface area contributed by atoms with E-state index in [-0.39, 0.29) is 6.04 Å². The van der Waals surface area contributed by atoms with E-state index in [1.807, 2.05) is 37.2 Å². The SMILES string of the molecule is Cc1ncc(C(CCc2cnn(C)c2)NN)s1. The summed E-state index contributed by atoms with van der Waals surface area (Å²) in [6.45, 7) is 2.00. The van der Waals surface area contributed by atoms with Gasteiger partial charge in [0.25, 0.3) is 0 Å². The van der Waals surface area contributed by atoms with E-state index in [1.54, 1.807) is 11.3 Å². The van der Waals surface area contributed by atoms with Gasteiger partial charge in [-0.25, -0.2) is 4.98 Å². The third-order valence-electron chi connectivity index (χ3n) is 2.66. The van der Waals surface area contributed by atoms with Gasteiger partial charge in [0.15, 0.2) is 0 Å². The summed E-state index contributed by atoms with van der Waals surface area (Å²) in [5, 5.41) is 5.22. The van der Waals surface area contributed by atoms with Gasteiger partial charge in [0.2, 0.25) is 0 Å². The predicted octanol–water partition coefficient (Wildman–Crippen LogP) is 1.32. The van der Waals surface area contributed by atoms with Crippen molar-refractivity contribution in [1.29, 1.82) is 0 Å². The van der Waals surface area contributed by atoms with Crippen LogP contribution in [0.1, 0.15) is 27.9 Å². The second-order valence-electron chi connectivity index (χ2n) is 4.06. The van der Waals surface area contributed by atoms with Crippen LogP contribution >= 0.6 is 11.3 Å². The number of hydrogen-bond acceptors (Lipinski definition) is 5. The lowest BCUT2D eigenvalue weighted by Crippen LogP contribution is -2.27. The Morgan fingerprint density at radius 2 is 2.35 bits per heavy atom. The summed E-state index contributed by atoms with van der Waals surface area (Å²) in [6.07, 6.45) is 7.73. The minimum absolute atomic E-state index is 0.168. The molecule has 17 heavy (non-hydrogen) atoms. The fourth-order valence-electron chi connectivity index (χ4n) is 1.76. The summed E-state index contributed by atoms with van der Waals surface area (Å²) in [5.41, 5.74) is 4.08. The maximum atomic E-state index is 5.59. The van der Waals surface area contributed by atoms with Crippen LogP contribution in [0.15, 0.2) is 18.6 Å². The molecule has 92 valence electrons. The fraction of sp³-hybridized carbons (Fsp3) is 0.455. The molecule has 0 amide bonds. The number of thiazole rings is 1. The number of hydrogen-bond donors (Lipinski definition) is 2. The molecule has 2 heterocycles. The van der Waals surface area contributed by atoms with E-state index in [2.05, 4.69) is 15.5 Å². The average molecular weight is 251 g/mol. The molecule has 1 unspecified atom stereocenters. The van der Waals surface area contributed by atoms with Gasteiger partial charge in [0.1, 0.15) is 0 Å². The minimum Gasteiger partial charge on any atom is -0.276 e. The molecule has 0 aliphatic carbocycles. The number of rotatable bonds is 5. The monoisotopic (exact) mass is 251 g/mol. The lowest BCUT2D eigenvalue weighted by molar-refractivity contribution is 0.523. The third kappa shape index (κ3) is 3.12. The maximum Gasteiger partial charge on any atom is 0.0897 e. The quantitative estimate of drug-likeness (QED) is 0.621. The summed E-state index contributed by atoms with van der Waals surface area (Å²) in [5.74, 6) is 5.59. The Morgan fingerprint density at radius 3 is 2.88 bits per heavy atom. The molecule has 0 saturated heterocycles. The average Bonchev–Trinajstić information content (AvgIpc) is 2.89. The second kappa shape index (κ2) is 5.39. The highest BCUT2D eigenvalue weighted by atomic mass is 32.1. The molecule has 0 radical (unpaired) electrons. The second-order valence-corrected chi connectivity index (χ2v) is 5.33. The number of aryl methyl sites for hydroxylation is 3. The molecule has 0 fully saturated rings. The van der Waals surface area contributed by atoms with Crippen molar-refractivity contribution in [1.82, 2.24) is 20.2 Å². The van der Waals surface area contributed by atoms with Crippen LogP contribution < -0.4 is 11.3 Å². The first-order chi connectivity index (χ1) is 8.19. The van der Waals surface area contributed by atoms with Crippen LogP contribution in [0.5, 0.6) is 0 Å². The molecule has 0 bridgehead atoms. The van der Waals surface area contributed by atoms with Crippen molar-refractivity contribution < 1.29 is 0 Å². The van der Waals surface area contributed by atoms with Crippen LogP contribution in [0.2, 0.25) is 0 Å². The lowest BCUT2D eigenvalue weighted by Gasteiger charge is -2.12. The van der Waals surface area contributed by atoms with Crippen LogP contribution in [0.4, 0.5) is 0 Å². The summed E-state index contributed by atoms with van der Waals surface area (Å²) in [4.78, 5) is 5.44. The zero-order valence-electron chi connectivity index (χ0n) is 10.1. The van der Waals surface area contributed by atoms with Crippen LogP contribution in [-0.4, -0.2) is 14.8 Å². The Kier molecular flexibility index (Phi) is 3.88. The number of nitrogens with two attached hydrogens (primary N) is 1. The van der Waals surface area contributed by atoms with Gasteiger partial charge in [-0.05, 0) is 25.3 Å². The van der Waals surface area contributed by atoms with Gasteiger partial charge in [-0.2, -0.15) is 5.10 Å². The largest absolute Gasteiger partial charge is 0.276 e. The van der Waals surface area contributed by atoms with Crippen LogP contribution in [-0.2, 0) is 13.5 Å². The molecule has 0 spiro atoms. The van der Waals surface area contributed by atoms with E-state index < -0.39 is 0 Å². The zero-order valence-corrected chi connectivity index (χ0v) is 10.9. The number of hydrazine groups is 1. The van der Waals surface area contributed by atoms with Crippen LogP contribution in [0.3, 0.4) is 0 Å². The van der Waals surface area contributed by atoms with Gasteiger partial charge in [0, 0.05) is 24.3 Å². The summed E-state index contributed by atoms with van der Waals surface area (Å²) >= 11 is 1.69. The molecule has 0 aromatic carbocycles. The van der Waals surface area contributed by atoms with Gasteiger partial charge in [-0.3, -0.25) is 16.0 Å². The number of nitrogens with one attached hydrogen (secondary N) is 1. The van der Waals surface area contributed by atoms with E-state index in [4.69, 9.17) is 5.84 Å². The van der Waals surface area contributed by atoms with Crippen molar-refractivity contribution in [2.45, 2.75) is 25.8 Å². The molecule has 6 heteroatoms. The molecule has 5 nitrogen and oxygen atoms in total. The highest BCUT2D eigenvalue weighted by Gasteiger charge is 2.12. The lowest BCUT2D eigenvalue weighted by atomic mass is 10.1. The Morgan fingerprint density at radius 1 is 1.53 bits per heavy atom. The van der Waals surface area contributed by atoms with Crippen LogP contribution in [0, 0.1) is 6.92 Å². The van der Waals surface area contributed by atoms with Crippen LogP contribution in [0.25, 0.3) is 0 Å². The smallest absolute Gasteiger partial charge is 0.0897 e. The molecule has 0 aliphatic rings. The Bertz CT molecular complexity index is 476. The van der Waals surface area contributed by atoms with E-state index in [0.29, 0.717) is 0 Å². The van der Waals surface area contributed by atoms with Crippen molar-refractivity contribution >= 4 is 11.3 Å². The van der Waals surface area contributed by atoms with Gasteiger partial charge in [-0.15, -0.1) is 11.3 Å². The van der Waals surface area contributed by atoms with Crippen molar-refractivity contribution in [2.24, 2.45) is 12.9 Å². The van der Waals surface area contributed by atoms with E-state index >= 15 is 0 Å². The van der Waals surface area contributed by atoms with Crippen molar-refractivity contribution in [3.05, 3.63) is 34.0 Å². The summed E-state index contributed by atoms with van der Waals surface area (Å²) < 4.78 is 1.82. The Hall–Kier alpha value is -1.24. The molecular formula is C11H17N5S. The molecule has 1 atom stereocenters. The standard InChI is InChI=1S/C11H17N5S/c1-8-13-6-11(17-8)10(15-12)4-3-9-5-14-16(2)7-9/h5-7,10,15H,3-4,12H2,1-2H3. The van der Waals surface area contributed by atoms with E-state index in [9.17, 15) is 0 Å². The van der Waals surface area contributed by atoms with Crippen molar-refractivity contribution in [2.75, 3.05) is 0 Å². The fourth-order valence-corrected chi connectivity index (χ4v) is 2.64. The van der Waals surface area contributed by atoms with Crippen molar-refractivity contribution in [3.63, 3.8) is 0 Å². The molecule has 0 aliphatic heterocycles. The first kappa shape index (κ1) is 12.2. The van der Waals surface area contributed by atoms with Gasteiger partial charge >= 0.3 is 0 Å². The normalized spacial score (nSPS) is 12.9.